The van der Waals surface area contributed by atoms with Crippen LogP contribution in [-0.2, 0) is 0 Å². The van der Waals surface area contributed by atoms with Gasteiger partial charge in [0.05, 0.1) is 16.1 Å². The quantitative estimate of drug-likeness (QED) is 0.521. The number of fused-ring (bicyclic) bond motifs is 1. The van der Waals surface area contributed by atoms with Crippen molar-refractivity contribution in [3.05, 3.63) is 74.3 Å². The van der Waals surface area contributed by atoms with Crippen molar-refractivity contribution in [1.82, 2.24) is 10.4 Å². The third-order valence-corrected chi connectivity index (χ3v) is 3.65. The molecule has 0 saturated heterocycles. The highest BCUT2D eigenvalue weighted by molar-refractivity contribution is 6.30. The number of nitro benzene ring substituents is 1. The lowest BCUT2D eigenvalue weighted by Crippen LogP contribution is -2.45. The van der Waals surface area contributed by atoms with Gasteiger partial charge in [0.1, 0.15) is 0 Å². The van der Waals surface area contributed by atoms with Crippen LogP contribution >= 0.6 is 11.6 Å². The second-order valence-corrected chi connectivity index (χ2v) is 5.32. The molecule has 9 heteroatoms. The molecule has 1 heterocycles. The highest BCUT2D eigenvalue weighted by Crippen LogP contribution is 2.25. The first-order valence-electron chi connectivity index (χ1n) is 6.62. The third-order valence-electron chi connectivity index (χ3n) is 3.40. The molecule has 0 spiro atoms. The first-order chi connectivity index (χ1) is 11.4. The molecule has 0 fully saturated rings. The molecule has 3 rings (SSSR count). The molecule has 3 amide bonds. The van der Waals surface area contributed by atoms with E-state index >= 15 is 0 Å². The Labute approximate surface area is 139 Å². The van der Waals surface area contributed by atoms with Gasteiger partial charge < -0.3 is 0 Å². The number of hydrogen-bond acceptors (Lipinski definition) is 5. The topological polar surface area (TPSA) is 110 Å². The van der Waals surface area contributed by atoms with Gasteiger partial charge in [-0.15, -0.1) is 0 Å². The number of rotatable bonds is 3. The van der Waals surface area contributed by atoms with Crippen molar-refractivity contribution < 1.29 is 19.3 Å². The minimum atomic E-state index is -0.832. The zero-order valence-electron chi connectivity index (χ0n) is 11.9. The van der Waals surface area contributed by atoms with Gasteiger partial charge >= 0.3 is 0 Å². The van der Waals surface area contributed by atoms with Crippen LogP contribution in [0.15, 0.2) is 42.5 Å². The number of halogens is 1. The van der Waals surface area contributed by atoms with Crippen LogP contribution in [0.5, 0.6) is 0 Å². The van der Waals surface area contributed by atoms with Crippen molar-refractivity contribution in [3.63, 3.8) is 0 Å². The highest BCUT2D eigenvalue weighted by Gasteiger charge is 2.38. The van der Waals surface area contributed by atoms with E-state index in [1.807, 2.05) is 0 Å². The van der Waals surface area contributed by atoms with E-state index in [4.69, 9.17) is 11.6 Å². The Kier molecular flexibility index (Phi) is 3.74. The summed E-state index contributed by atoms with van der Waals surface area (Å²) in [5, 5.41) is 11.7. The van der Waals surface area contributed by atoms with Gasteiger partial charge in [0.15, 0.2) is 0 Å². The summed E-state index contributed by atoms with van der Waals surface area (Å²) in [6.07, 6.45) is 0. The normalized spacial score (nSPS) is 13.0. The van der Waals surface area contributed by atoms with Gasteiger partial charge in [0, 0.05) is 22.7 Å². The van der Waals surface area contributed by atoms with E-state index in [1.54, 1.807) is 0 Å². The SMILES string of the molecule is O=C(NN1C(=O)c2ccc([N+](=O)[O-])cc2C1=O)c1ccc(Cl)cc1. The Balaban J connectivity index is 1.86. The standard InChI is InChI=1S/C15H8ClN3O5/c16-9-3-1-8(2-4-9)13(20)17-18-14(21)11-6-5-10(19(23)24)7-12(11)15(18)22/h1-7H,(H,17,20). The Bertz CT molecular complexity index is 894. The number of nitrogens with zero attached hydrogens (tertiary/aromatic N) is 2. The summed E-state index contributed by atoms with van der Waals surface area (Å²) in [5.41, 5.74) is 1.92. The molecule has 0 radical (unpaired) electrons. The van der Waals surface area contributed by atoms with Gasteiger partial charge in [-0.1, -0.05) is 11.6 Å². The van der Waals surface area contributed by atoms with Crippen LogP contribution in [0.4, 0.5) is 5.69 Å². The van der Waals surface area contributed by atoms with Gasteiger partial charge in [-0.05, 0) is 30.3 Å². The number of hydrogen-bond donors (Lipinski definition) is 1. The molecule has 0 aromatic heterocycles. The number of amides is 3. The Morgan fingerprint density at radius 1 is 1.04 bits per heavy atom. The van der Waals surface area contributed by atoms with E-state index in [1.165, 1.54) is 30.3 Å². The minimum Gasteiger partial charge on any atom is -0.267 e. The summed E-state index contributed by atoms with van der Waals surface area (Å²) in [5.74, 6) is -2.27. The summed E-state index contributed by atoms with van der Waals surface area (Å²) in [6.45, 7) is 0. The lowest BCUT2D eigenvalue weighted by molar-refractivity contribution is -0.384. The molecule has 24 heavy (non-hydrogen) atoms. The number of non-ortho nitro benzene ring substituents is 1. The first-order valence-corrected chi connectivity index (χ1v) is 7.00. The van der Waals surface area contributed by atoms with Gasteiger partial charge in [-0.2, -0.15) is 5.01 Å². The average Bonchev–Trinajstić information content (AvgIpc) is 2.80. The highest BCUT2D eigenvalue weighted by atomic mass is 35.5. The Morgan fingerprint density at radius 2 is 1.67 bits per heavy atom. The second kappa shape index (κ2) is 5.74. The molecule has 0 unspecified atom stereocenters. The fourth-order valence-corrected chi connectivity index (χ4v) is 2.34. The smallest absolute Gasteiger partial charge is 0.267 e. The monoisotopic (exact) mass is 345 g/mol. The lowest BCUT2D eigenvalue weighted by Gasteiger charge is -2.14. The van der Waals surface area contributed by atoms with Crippen LogP contribution in [0.2, 0.25) is 5.02 Å². The van der Waals surface area contributed by atoms with Crippen molar-refractivity contribution >= 4 is 35.0 Å². The second-order valence-electron chi connectivity index (χ2n) is 4.88. The fourth-order valence-electron chi connectivity index (χ4n) is 2.21. The number of hydrazine groups is 1. The minimum absolute atomic E-state index is 0.0120. The van der Waals surface area contributed by atoms with Crippen LogP contribution < -0.4 is 5.43 Å². The number of nitro groups is 1. The zero-order valence-corrected chi connectivity index (χ0v) is 12.6. The molecular weight excluding hydrogens is 338 g/mol. The van der Waals surface area contributed by atoms with E-state index in [2.05, 4.69) is 5.43 Å². The number of carbonyl (C=O) groups excluding carboxylic acids is 3. The van der Waals surface area contributed by atoms with Crippen LogP contribution in [-0.4, -0.2) is 27.7 Å². The molecule has 0 atom stereocenters. The molecule has 120 valence electrons. The van der Waals surface area contributed by atoms with Crippen LogP contribution in [0.1, 0.15) is 31.1 Å². The molecule has 1 aliphatic heterocycles. The Hall–Kier alpha value is -3.26. The summed E-state index contributed by atoms with van der Waals surface area (Å²) in [4.78, 5) is 46.7. The molecule has 1 N–H and O–H groups in total. The third kappa shape index (κ3) is 2.59. The van der Waals surface area contributed by atoms with Gasteiger partial charge in [0.25, 0.3) is 23.4 Å². The number of imide groups is 1. The van der Waals surface area contributed by atoms with Crippen molar-refractivity contribution in [3.8, 4) is 0 Å². The summed E-state index contributed by atoms with van der Waals surface area (Å²) in [7, 11) is 0. The molecule has 1 aliphatic rings. The summed E-state index contributed by atoms with van der Waals surface area (Å²) >= 11 is 5.73. The maximum absolute atomic E-state index is 12.2. The maximum atomic E-state index is 12.2. The predicted octanol–water partition coefficient (Wildman–Crippen LogP) is 2.19. The van der Waals surface area contributed by atoms with Crippen LogP contribution in [0, 0.1) is 10.1 Å². The van der Waals surface area contributed by atoms with Crippen LogP contribution in [0.25, 0.3) is 0 Å². The molecule has 2 aromatic carbocycles. The number of benzene rings is 2. The molecule has 0 saturated carbocycles. The van der Waals surface area contributed by atoms with E-state index in [9.17, 15) is 24.5 Å². The van der Waals surface area contributed by atoms with E-state index in [0.717, 1.165) is 12.1 Å². The molecular formula is C15H8ClN3O5. The van der Waals surface area contributed by atoms with Crippen LogP contribution in [0.3, 0.4) is 0 Å². The van der Waals surface area contributed by atoms with E-state index in [-0.39, 0.29) is 22.4 Å². The van der Waals surface area contributed by atoms with Crippen molar-refractivity contribution in [1.29, 1.82) is 0 Å². The van der Waals surface area contributed by atoms with Gasteiger partial charge in [0.2, 0.25) is 0 Å². The zero-order chi connectivity index (χ0) is 17.4. The van der Waals surface area contributed by atoms with Crippen molar-refractivity contribution in [2.75, 3.05) is 0 Å². The summed E-state index contributed by atoms with van der Waals surface area (Å²) in [6, 6.07) is 9.15. The largest absolute Gasteiger partial charge is 0.280 e. The molecule has 0 bridgehead atoms. The van der Waals surface area contributed by atoms with Gasteiger partial charge in [-0.3, -0.25) is 29.9 Å². The van der Waals surface area contributed by atoms with E-state index < -0.39 is 22.6 Å². The summed E-state index contributed by atoms with van der Waals surface area (Å²) < 4.78 is 0. The molecule has 0 aliphatic carbocycles. The van der Waals surface area contributed by atoms with E-state index in [0.29, 0.717) is 10.0 Å². The Morgan fingerprint density at radius 3 is 2.29 bits per heavy atom. The van der Waals surface area contributed by atoms with Crippen molar-refractivity contribution in [2.45, 2.75) is 0 Å². The molecule has 2 aromatic rings. The first kappa shape index (κ1) is 15.6. The van der Waals surface area contributed by atoms with Gasteiger partial charge in [-0.25, -0.2) is 0 Å². The lowest BCUT2D eigenvalue weighted by atomic mass is 10.1. The average molecular weight is 346 g/mol. The van der Waals surface area contributed by atoms with Crippen molar-refractivity contribution in [2.24, 2.45) is 0 Å². The maximum Gasteiger partial charge on any atom is 0.280 e. The molecule has 8 nitrogen and oxygen atoms in total. The predicted molar refractivity (Wildman–Crippen MR) is 82.5 cm³/mol. The number of nitrogens with one attached hydrogen (secondary N) is 1. The number of carbonyl (C=O) groups is 3. The fraction of sp³-hybridized carbons (Fsp3) is 0.